The molecule has 3 unspecified atom stereocenters. The lowest BCUT2D eigenvalue weighted by molar-refractivity contribution is 0.176. The number of nitrogens with one attached hydrogen (secondary N) is 1. The third-order valence-corrected chi connectivity index (χ3v) is 5.07. The fraction of sp³-hybridized carbons (Fsp3) is 0.500. The highest BCUT2D eigenvalue weighted by molar-refractivity contribution is 6.09. The summed E-state index contributed by atoms with van der Waals surface area (Å²) in [6, 6.07) is 0.472. The minimum absolute atomic E-state index is 0.117. The number of fused-ring (bicyclic) bond motifs is 6. The molecule has 2 aromatic heterocycles. The Labute approximate surface area is 132 Å². The van der Waals surface area contributed by atoms with E-state index in [1.807, 2.05) is 18.7 Å². The molecule has 0 bridgehead atoms. The highest BCUT2D eigenvalue weighted by Gasteiger charge is 2.47. The van der Waals surface area contributed by atoms with Gasteiger partial charge in [0.2, 0.25) is 6.19 Å². The van der Waals surface area contributed by atoms with Gasteiger partial charge in [-0.15, -0.1) is 5.10 Å². The minimum atomic E-state index is 0.117. The van der Waals surface area contributed by atoms with Gasteiger partial charge in [-0.3, -0.25) is 10.3 Å². The first-order chi connectivity index (χ1) is 11.4. The molecule has 0 amide bonds. The standard InChI is InChI=1S/C14H15N9/c15-7-21-6-10(17-20-21)14-19-18-13-9-3-1-2-4-11(9)22-8-16-5-12(22)23(13)14/h5-6,8-9,11,13,18H,1-4H2. The van der Waals surface area contributed by atoms with E-state index in [4.69, 9.17) is 5.26 Å². The number of anilines is 1. The Balaban J connectivity index is 1.60. The normalized spacial score (nSPS) is 28.2. The van der Waals surface area contributed by atoms with Gasteiger partial charge in [-0.1, -0.05) is 18.1 Å². The largest absolute Gasteiger partial charge is 0.314 e. The fourth-order valence-corrected chi connectivity index (χ4v) is 4.10. The molecule has 0 saturated heterocycles. The molecule has 0 aromatic carbocycles. The van der Waals surface area contributed by atoms with E-state index in [1.54, 1.807) is 6.20 Å². The number of hydrazone groups is 1. The average Bonchev–Trinajstić information content (AvgIpc) is 3.32. The Hall–Kier alpha value is -2.89. The maximum atomic E-state index is 8.93. The molecule has 5 rings (SSSR count). The molecule has 3 atom stereocenters. The van der Waals surface area contributed by atoms with Crippen LogP contribution in [-0.4, -0.2) is 36.5 Å². The van der Waals surface area contributed by atoms with Crippen molar-refractivity contribution in [3.63, 3.8) is 0 Å². The van der Waals surface area contributed by atoms with Crippen molar-refractivity contribution in [2.45, 2.75) is 37.9 Å². The molecule has 1 N–H and O–H groups in total. The molecule has 116 valence electrons. The Morgan fingerprint density at radius 3 is 3.09 bits per heavy atom. The average molecular weight is 309 g/mol. The molecule has 9 heteroatoms. The Morgan fingerprint density at radius 1 is 1.30 bits per heavy atom. The zero-order valence-corrected chi connectivity index (χ0v) is 12.4. The van der Waals surface area contributed by atoms with Crippen LogP contribution in [0.15, 0.2) is 23.8 Å². The van der Waals surface area contributed by atoms with Crippen molar-refractivity contribution in [3.8, 4) is 6.19 Å². The van der Waals surface area contributed by atoms with Crippen molar-refractivity contribution in [1.29, 1.82) is 5.26 Å². The van der Waals surface area contributed by atoms with E-state index in [0.29, 0.717) is 23.5 Å². The molecular formula is C14H15N9. The molecule has 1 saturated carbocycles. The van der Waals surface area contributed by atoms with Gasteiger partial charge in [0.25, 0.3) is 0 Å². The second-order valence-corrected chi connectivity index (χ2v) is 6.20. The number of nitrogens with zero attached hydrogens (tertiary/aromatic N) is 8. The van der Waals surface area contributed by atoms with Gasteiger partial charge in [-0.05, 0) is 12.8 Å². The molecule has 3 aliphatic rings. The summed E-state index contributed by atoms with van der Waals surface area (Å²) in [6.45, 7) is 0. The van der Waals surface area contributed by atoms with Crippen molar-refractivity contribution in [1.82, 2.24) is 30.0 Å². The number of nitriles is 1. The Bertz CT molecular complexity index is 825. The summed E-state index contributed by atoms with van der Waals surface area (Å²) < 4.78 is 3.40. The minimum Gasteiger partial charge on any atom is -0.314 e. The fourth-order valence-electron chi connectivity index (χ4n) is 4.10. The summed E-state index contributed by atoms with van der Waals surface area (Å²) in [5, 5.41) is 21.3. The topological polar surface area (TPSA) is 100.0 Å². The predicted molar refractivity (Wildman–Crippen MR) is 80.2 cm³/mol. The SMILES string of the molecule is N#Cn1cc(C2=NNC3C4CCCCC4n4cncc4N23)nn1. The number of hydrogen-bond donors (Lipinski definition) is 1. The van der Waals surface area contributed by atoms with Crippen molar-refractivity contribution in [2.75, 3.05) is 4.90 Å². The van der Waals surface area contributed by atoms with Gasteiger partial charge < -0.3 is 4.57 Å². The van der Waals surface area contributed by atoms with Crippen LogP contribution in [0.5, 0.6) is 0 Å². The first-order valence-corrected chi connectivity index (χ1v) is 7.84. The predicted octanol–water partition coefficient (Wildman–Crippen LogP) is 0.646. The second-order valence-electron chi connectivity index (χ2n) is 6.20. The van der Waals surface area contributed by atoms with Gasteiger partial charge in [-0.25, -0.2) is 4.98 Å². The lowest BCUT2D eigenvalue weighted by atomic mass is 9.80. The van der Waals surface area contributed by atoms with Crippen molar-refractivity contribution >= 4 is 11.7 Å². The van der Waals surface area contributed by atoms with Gasteiger partial charge in [-0.2, -0.15) is 15.0 Å². The molecule has 0 radical (unpaired) electrons. The number of aromatic nitrogens is 5. The highest BCUT2D eigenvalue weighted by Crippen LogP contribution is 2.45. The maximum Gasteiger partial charge on any atom is 0.207 e. The summed E-state index contributed by atoms with van der Waals surface area (Å²) in [7, 11) is 0. The molecule has 4 heterocycles. The van der Waals surface area contributed by atoms with E-state index in [-0.39, 0.29) is 6.17 Å². The van der Waals surface area contributed by atoms with Crippen LogP contribution in [-0.2, 0) is 0 Å². The molecule has 23 heavy (non-hydrogen) atoms. The lowest BCUT2D eigenvalue weighted by Crippen LogP contribution is -2.53. The quantitative estimate of drug-likeness (QED) is 0.830. The molecule has 9 nitrogen and oxygen atoms in total. The van der Waals surface area contributed by atoms with E-state index >= 15 is 0 Å². The first kappa shape index (κ1) is 12.6. The van der Waals surface area contributed by atoms with Gasteiger partial charge >= 0.3 is 0 Å². The van der Waals surface area contributed by atoms with Gasteiger partial charge in [0, 0.05) is 12.0 Å². The monoisotopic (exact) mass is 309 g/mol. The zero-order valence-electron chi connectivity index (χ0n) is 12.4. The summed E-state index contributed by atoms with van der Waals surface area (Å²) >= 11 is 0. The number of amidine groups is 1. The summed E-state index contributed by atoms with van der Waals surface area (Å²) in [5.74, 6) is 2.20. The van der Waals surface area contributed by atoms with Crippen LogP contribution < -0.4 is 10.3 Å². The molecule has 2 aromatic rings. The second kappa shape index (κ2) is 4.55. The summed E-state index contributed by atoms with van der Waals surface area (Å²) in [6.07, 6.45) is 12.3. The number of rotatable bonds is 1. The zero-order chi connectivity index (χ0) is 15.4. The molecule has 1 aliphatic carbocycles. The molecule has 1 fully saturated rings. The van der Waals surface area contributed by atoms with Gasteiger partial charge in [0.15, 0.2) is 11.5 Å². The van der Waals surface area contributed by atoms with E-state index in [1.165, 1.54) is 25.7 Å². The van der Waals surface area contributed by atoms with Gasteiger partial charge in [0.1, 0.15) is 12.0 Å². The summed E-state index contributed by atoms with van der Waals surface area (Å²) in [4.78, 5) is 6.49. The van der Waals surface area contributed by atoms with Crippen LogP contribution in [0.4, 0.5) is 5.82 Å². The van der Waals surface area contributed by atoms with Gasteiger partial charge in [0.05, 0.1) is 18.7 Å². The Kier molecular flexibility index (Phi) is 2.50. The van der Waals surface area contributed by atoms with E-state index in [2.05, 4.69) is 35.3 Å². The summed E-state index contributed by atoms with van der Waals surface area (Å²) in [5.41, 5.74) is 3.86. The highest BCUT2D eigenvalue weighted by atomic mass is 15.6. The van der Waals surface area contributed by atoms with Crippen molar-refractivity contribution in [2.24, 2.45) is 11.0 Å². The van der Waals surface area contributed by atoms with Crippen LogP contribution in [0.3, 0.4) is 0 Å². The van der Waals surface area contributed by atoms with Crippen LogP contribution in [0, 0.1) is 17.4 Å². The molecule has 2 aliphatic heterocycles. The van der Waals surface area contributed by atoms with Crippen LogP contribution in [0.1, 0.15) is 37.4 Å². The van der Waals surface area contributed by atoms with Crippen molar-refractivity contribution < 1.29 is 0 Å². The van der Waals surface area contributed by atoms with E-state index < -0.39 is 0 Å². The molecule has 0 spiro atoms. The maximum absolute atomic E-state index is 8.93. The number of imidazole rings is 1. The van der Waals surface area contributed by atoms with Crippen molar-refractivity contribution in [3.05, 3.63) is 24.4 Å². The van der Waals surface area contributed by atoms with Crippen LogP contribution >= 0.6 is 0 Å². The molecular weight excluding hydrogens is 294 g/mol. The lowest BCUT2D eigenvalue weighted by Gasteiger charge is -2.45. The van der Waals surface area contributed by atoms with Crippen LogP contribution in [0.25, 0.3) is 0 Å². The smallest absolute Gasteiger partial charge is 0.207 e. The van der Waals surface area contributed by atoms with Crippen LogP contribution in [0.2, 0.25) is 0 Å². The Morgan fingerprint density at radius 2 is 2.22 bits per heavy atom. The first-order valence-electron chi connectivity index (χ1n) is 7.84. The number of hydrogen-bond acceptors (Lipinski definition) is 7. The third-order valence-electron chi connectivity index (χ3n) is 5.07. The van der Waals surface area contributed by atoms with E-state index in [9.17, 15) is 0 Å². The third kappa shape index (κ3) is 1.66. The van der Waals surface area contributed by atoms with E-state index in [0.717, 1.165) is 10.5 Å².